The number of hydrogen-bond donors (Lipinski definition) is 1. The monoisotopic (exact) mass is 157 g/mol. The molecule has 0 atom stereocenters. The van der Waals surface area contributed by atoms with Crippen LogP contribution >= 0.6 is 11.9 Å². The Morgan fingerprint density at radius 1 is 1.80 bits per heavy atom. The van der Waals surface area contributed by atoms with E-state index >= 15 is 0 Å². The highest BCUT2D eigenvalue weighted by Crippen LogP contribution is 2.10. The normalized spacial score (nSPS) is 10.3. The molecule has 0 spiro atoms. The fourth-order valence-electron chi connectivity index (χ4n) is 0.856. The maximum atomic E-state index is 5.33. The van der Waals surface area contributed by atoms with Gasteiger partial charge in [0, 0.05) is 12.7 Å². The fraction of sp³-hybridized carbons (Fsp3) is 0.500. The summed E-state index contributed by atoms with van der Waals surface area (Å²) in [5.41, 5.74) is 0. The van der Waals surface area contributed by atoms with E-state index in [1.165, 1.54) is 11.9 Å². The van der Waals surface area contributed by atoms with Crippen LogP contribution in [0.2, 0.25) is 0 Å². The van der Waals surface area contributed by atoms with Gasteiger partial charge in [0.05, 0.1) is 0 Å². The van der Waals surface area contributed by atoms with Crippen molar-refractivity contribution in [3.05, 3.63) is 12.0 Å². The molecule has 1 aromatic rings. The van der Waals surface area contributed by atoms with Gasteiger partial charge >= 0.3 is 0 Å². The molecule has 3 nitrogen and oxygen atoms in total. The molecule has 56 valence electrons. The molecule has 1 heterocycles. The quantitative estimate of drug-likeness (QED) is 0.655. The molecule has 0 unspecified atom stereocenters. The highest BCUT2D eigenvalue weighted by Gasteiger charge is 1.99. The van der Waals surface area contributed by atoms with Gasteiger partial charge in [-0.1, -0.05) is 0 Å². The maximum Gasteiger partial charge on any atom is 0.129 e. The van der Waals surface area contributed by atoms with Crippen molar-refractivity contribution in [1.82, 2.24) is 9.55 Å². The van der Waals surface area contributed by atoms with Crippen molar-refractivity contribution in [2.75, 3.05) is 0 Å². The highest BCUT2D eigenvalue weighted by molar-refractivity contribution is 7.97. The molecule has 0 aliphatic rings. The molecule has 4 heteroatoms. The number of aryl methyl sites for hydroxylation is 2. The lowest BCUT2D eigenvalue weighted by Crippen LogP contribution is -1.93. The van der Waals surface area contributed by atoms with Crippen molar-refractivity contribution in [1.29, 1.82) is 0 Å². The lowest BCUT2D eigenvalue weighted by Gasteiger charge is -1.95. The SMILES string of the molecule is CCn1cc(SN)nc1C. The number of aromatic nitrogens is 2. The lowest BCUT2D eigenvalue weighted by molar-refractivity contribution is 0.730. The molecule has 0 aromatic carbocycles. The first-order chi connectivity index (χ1) is 4.77. The number of rotatable bonds is 2. The summed E-state index contributed by atoms with van der Waals surface area (Å²) < 4.78 is 2.06. The topological polar surface area (TPSA) is 43.8 Å². The third-order valence-electron chi connectivity index (χ3n) is 1.42. The number of hydrogen-bond acceptors (Lipinski definition) is 3. The summed E-state index contributed by atoms with van der Waals surface area (Å²) in [5, 5.41) is 6.22. The Balaban J connectivity index is 2.92. The van der Waals surface area contributed by atoms with Gasteiger partial charge in [-0.3, -0.25) is 5.14 Å². The summed E-state index contributed by atoms with van der Waals surface area (Å²) in [6.07, 6.45) is 1.96. The van der Waals surface area contributed by atoms with Gasteiger partial charge < -0.3 is 4.57 Å². The fourth-order valence-corrected chi connectivity index (χ4v) is 1.23. The summed E-state index contributed by atoms with van der Waals surface area (Å²) in [7, 11) is 0. The van der Waals surface area contributed by atoms with Crippen molar-refractivity contribution in [2.45, 2.75) is 25.4 Å². The highest BCUT2D eigenvalue weighted by atomic mass is 32.2. The number of nitrogens with zero attached hydrogens (tertiary/aromatic N) is 2. The van der Waals surface area contributed by atoms with Crippen LogP contribution in [0, 0.1) is 6.92 Å². The van der Waals surface area contributed by atoms with Crippen LogP contribution in [-0.2, 0) is 6.54 Å². The zero-order valence-electron chi connectivity index (χ0n) is 6.16. The standard InChI is InChI=1S/C6H11N3S/c1-3-9-4-6(10-7)8-5(9)2/h4H,3,7H2,1-2H3. The average Bonchev–Trinajstić information content (AvgIpc) is 2.30. The minimum Gasteiger partial charge on any atom is -0.334 e. The van der Waals surface area contributed by atoms with Gasteiger partial charge in [-0.05, 0) is 25.8 Å². The molecule has 0 aliphatic carbocycles. The summed E-state index contributed by atoms with van der Waals surface area (Å²) >= 11 is 1.19. The molecule has 10 heavy (non-hydrogen) atoms. The Morgan fingerprint density at radius 3 is 2.80 bits per heavy atom. The van der Waals surface area contributed by atoms with Crippen molar-refractivity contribution >= 4 is 11.9 Å². The van der Waals surface area contributed by atoms with E-state index < -0.39 is 0 Å². The van der Waals surface area contributed by atoms with Gasteiger partial charge in [-0.25, -0.2) is 4.98 Å². The van der Waals surface area contributed by atoms with Crippen LogP contribution in [0.1, 0.15) is 12.7 Å². The van der Waals surface area contributed by atoms with Gasteiger partial charge in [0.2, 0.25) is 0 Å². The second kappa shape index (κ2) is 3.07. The first-order valence-corrected chi connectivity index (χ1v) is 4.06. The minimum absolute atomic E-state index is 0.888. The van der Waals surface area contributed by atoms with Crippen LogP contribution in [0.5, 0.6) is 0 Å². The first-order valence-electron chi connectivity index (χ1n) is 3.18. The Kier molecular flexibility index (Phi) is 2.34. The van der Waals surface area contributed by atoms with E-state index in [0.29, 0.717) is 0 Å². The van der Waals surface area contributed by atoms with Crippen LogP contribution in [0.3, 0.4) is 0 Å². The molecular weight excluding hydrogens is 146 g/mol. The van der Waals surface area contributed by atoms with Crippen LogP contribution in [-0.4, -0.2) is 9.55 Å². The third-order valence-corrected chi connectivity index (χ3v) is 1.85. The van der Waals surface area contributed by atoms with E-state index in [0.717, 1.165) is 17.4 Å². The van der Waals surface area contributed by atoms with Gasteiger partial charge in [0.25, 0.3) is 0 Å². The van der Waals surface area contributed by atoms with E-state index in [2.05, 4.69) is 16.5 Å². The van der Waals surface area contributed by atoms with E-state index in [1.54, 1.807) is 0 Å². The van der Waals surface area contributed by atoms with Crippen molar-refractivity contribution in [3.63, 3.8) is 0 Å². The summed E-state index contributed by atoms with van der Waals surface area (Å²) in [6, 6.07) is 0. The summed E-state index contributed by atoms with van der Waals surface area (Å²) in [6.45, 7) is 5.02. The Morgan fingerprint density at radius 2 is 2.50 bits per heavy atom. The first kappa shape index (κ1) is 7.63. The molecule has 2 N–H and O–H groups in total. The molecule has 0 saturated heterocycles. The van der Waals surface area contributed by atoms with E-state index in [-0.39, 0.29) is 0 Å². The molecule has 0 fully saturated rings. The van der Waals surface area contributed by atoms with Crippen molar-refractivity contribution < 1.29 is 0 Å². The second-order valence-corrected chi connectivity index (χ2v) is 2.68. The Hall–Kier alpha value is -0.480. The molecule has 1 rings (SSSR count). The molecule has 0 amide bonds. The van der Waals surface area contributed by atoms with E-state index in [1.807, 2.05) is 13.1 Å². The Labute approximate surface area is 64.8 Å². The molecule has 0 saturated carbocycles. The smallest absolute Gasteiger partial charge is 0.129 e. The molecular formula is C6H11N3S. The zero-order chi connectivity index (χ0) is 7.56. The molecule has 0 bridgehead atoms. The Bertz CT molecular complexity index is 219. The predicted octanol–water partition coefficient (Wildman–Crippen LogP) is 1.18. The molecule has 1 aromatic heterocycles. The van der Waals surface area contributed by atoms with E-state index in [9.17, 15) is 0 Å². The molecule has 0 aliphatic heterocycles. The number of nitrogens with two attached hydrogens (primary N) is 1. The van der Waals surface area contributed by atoms with Crippen LogP contribution in [0.25, 0.3) is 0 Å². The van der Waals surface area contributed by atoms with Gasteiger partial charge in [0.1, 0.15) is 10.9 Å². The minimum atomic E-state index is 0.888. The largest absolute Gasteiger partial charge is 0.334 e. The lowest BCUT2D eigenvalue weighted by atomic mass is 10.6. The molecule has 0 radical (unpaired) electrons. The second-order valence-electron chi connectivity index (χ2n) is 2.03. The predicted molar refractivity (Wildman–Crippen MR) is 42.7 cm³/mol. The van der Waals surface area contributed by atoms with Crippen molar-refractivity contribution in [3.8, 4) is 0 Å². The van der Waals surface area contributed by atoms with Gasteiger partial charge in [0.15, 0.2) is 0 Å². The summed E-state index contributed by atoms with van der Waals surface area (Å²) in [4.78, 5) is 4.20. The third kappa shape index (κ3) is 1.33. The van der Waals surface area contributed by atoms with Crippen LogP contribution in [0.4, 0.5) is 0 Å². The van der Waals surface area contributed by atoms with Gasteiger partial charge in [-0.15, -0.1) is 0 Å². The number of imidazole rings is 1. The van der Waals surface area contributed by atoms with Crippen LogP contribution in [0.15, 0.2) is 11.2 Å². The summed E-state index contributed by atoms with van der Waals surface area (Å²) in [5.74, 6) is 1.02. The van der Waals surface area contributed by atoms with Crippen LogP contribution < -0.4 is 5.14 Å². The average molecular weight is 157 g/mol. The maximum absolute atomic E-state index is 5.33. The zero-order valence-corrected chi connectivity index (χ0v) is 6.98. The van der Waals surface area contributed by atoms with E-state index in [4.69, 9.17) is 5.14 Å². The van der Waals surface area contributed by atoms with Gasteiger partial charge in [-0.2, -0.15) is 0 Å². The van der Waals surface area contributed by atoms with Crippen molar-refractivity contribution in [2.24, 2.45) is 5.14 Å².